The highest BCUT2D eigenvalue weighted by Crippen LogP contribution is 2.31. The SMILES string of the molecule is Nc1ccc(Cl)c(Nc2cc(NC3CCC3)c3ncc(N)n3n2)c1. The molecule has 1 saturated carbocycles. The van der Waals surface area contributed by atoms with Gasteiger partial charge in [-0.2, -0.15) is 4.52 Å². The summed E-state index contributed by atoms with van der Waals surface area (Å²) in [7, 11) is 0. The van der Waals surface area contributed by atoms with Crippen molar-refractivity contribution in [3.63, 3.8) is 0 Å². The van der Waals surface area contributed by atoms with Crippen LogP contribution in [-0.4, -0.2) is 20.6 Å². The summed E-state index contributed by atoms with van der Waals surface area (Å²) in [5.74, 6) is 1.09. The Hall–Kier alpha value is -2.67. The molecule has 4 rings (SSSR count). The van der Waals surface area contributed by atoms with Crippen molar-refractivity contribution >= 4 is 45.9 Å². The van der Waals surface area contributed by atoms with Crippen LogP contribution in [0.4, 0.5) is 28.7 Å². The molecule has 24 heavy (non-hydrogen) atoms. The van der Waals surface area contributed by atoms with Crippen LogP contribution in [0.5, 0.6) is 0 Å². The Morgan fingerprint density at radius 2 is 2.00 bits per heavy atom. The van der Waals surface area contributed by atoms with Crippen molar-refractivity contribution in [2.75, 3.05) is 22.1 Å². The summed E-state index contributed by atoms with van der Waals surface area (Å²) in [6.45, 7) is 0. The smallest absolute Gasteiger partial charge is 0.179 e. The maximum absolute atomic E-state index is 6.22. The van der Waals surface area contributed by atoms with Gasteiger partial charge in [0.05, 0.1) is 22.6 Å². The predicted octanol–water partition coefficient (Wildman–Crippen LogP) is 3.26. The van der Waals surface area contributed by atoms with Crippen molar-refractivity contribution in [3.8, 4) is 0 Å². The van der Waals surface area contributed by atoms with Crippen LogP contribution >= 0.6 is 11.6 Å². The molecule has 8 heteroatoms. The Labute approximate surface area is 144 Å². The molecule has 0 bridgehead atoms. The molecule has 3 aromatic rings. The molecule has 1 fully saturated rings. The van der Waals surface area contributed by atoms with E-state index < -0.39 is 0 Å². The number of halogens is 1. The van der Waals surface area contributed by atoms with E-state index in [0.717, 1.165) is 18.5 Å². The molecule has 1 aliphatic rings. The van der Waals surface area contributed by atoms with Crippen LogP contribution in [0.15, 0.2) is 30.5 Å². The molecule has 1 aliphatic carbocycles. The molecule has 2 heterocycles. The molecule has 0 saturated heterocycles. The number of rotatable bonds is 4. The first-order valence-electron chi connectivity index (χ1n) is 7.83. The fourth-order valence-corrected chi connectivity index (χ4v) is 2.87. The van der Waals surface area contributed by atoms with Gasteiger partial charge in [-0.1, -0.05) is 11.6 Å². The molecular formula is C16H18ClN7. The van der Waals surface area contributed by atoms with Crippen molar-refractivity contribution < 1.29 is 0 Å². The zero-order valence-electron chi connectivity index (χ0n) is 13.0. The van der Waals surface area contributed by atoms with E-state index in [1.165, 1.54) is 6.42 Å². The molecule has 0 spiro atoms. The number of anilines is 5. The zero-order valence-corrected chi connectivity index (χ0v) is 13.7. The van der Waals surface area contributed by atoms with Gasteiger partial charge in [0.2, 0.25) is 0 Å². The minimum Gasteiger partial charge on any atom is -0.399 e. The van der Waals surface area contributed by atoms with Gasteiger partial charge in [-0.25, -0.2) is 4.98 Å². The third-order valence-corrected chi connectivity index (χ3v) is 4.54. The van der Waals surface area contributed by atoms with Crippen molar-refractivity contribution in [2.45, 2.75) is 25.3 Å². The van der Waals surface area contributed by atoms with Crippen molar-refractivity contribution in [2.24, 2.45) is 0 Å². The Bertz CT molecular complexity index is 901. The van der Waals surface area contributed by atoms with Gasteiger partial charge in [0, 0.05) is 17.8 Å². The van der Waals surface area contributed by atoms with Gasteiger partial charge in [0.1, 0.15) is 5.82 Å². The highest BCUT2D eigenvalue weighted by Gasteiger charge is 2.20. The molecule has 124 valence electrons. The lowest BCUT2D eigenvalue weighted by molar-refractivity contribution is 0.445. The molecule has 0 unspecified atom stereocenters. The van der Waals surface area contributed by atoms with E-state index in [2.05, 4.69) is 20.7 Å². The van der Waals surface area contributed by atoms with Gasteiger partial charge in [-0.05, 0) is 37.5 Å². The van der Waals surface area contributed by atoms with Gasteiger partial charge < -0.3 is 22.1 Å². The van der Waals surface area contributed by atoms with Crippen LogP contribution in [-0.2, 0) is 0 Å². The van der Waals surface area contributed by atoms with E-state index >= 15 is 0 Å². The van der Waals surface area contributed by atoms with E-state index in [4.69, 9.17) is 23.1 Å². The highest BCUT2D eigenvalue weighted by molar-refractivity contribution is 6.33. The molecule has 2 aromatic heterocycles. The van der Waals surface area contributed by atoms with E-state index in [1.807, 2.05) is 6.07 Å². The summed E-state index contributed by atoms with van der Waals surface area (Å²) in [6.07, 6.45) is 5.17. The topological polar surface area (TPSA) is 106 Å². The molecule has 0 amide bonds. The minimum atomic E-state index is 0.470. The number of aromatic nitrogens is 3. The number of nitrogens with two attached hydrogens (primary N) is 2. The van der Waals surface area contributed by atoms with Crippen LogP contribution in [0.25, 0.3) is 5.65 Å². The van der Waals surface area contributed by atoms with Gasteiger partial charge in [0.15, 0.2) is 11.5 Å². The summed E-state index contributed by atoms with van der Waals surface area (Å²) < 4.78 is 1.61. The second-order valence-electron chi connectivity index (χ2n) is 6.00. The molecule has 7 nitrogen and oxygen atoms in total. The first-order valence-corrected chi connectivity index (χ1v) is 8.21. The first kappa shape index (κ1) is 14.9. The van der Waals surface area contributed by atoms with Crippen LogP contribution in [0.2, 0.25) is 5.02 Å². The van der Waals surface area contributed by atoms with Crippen molar-refractivity contribution in [1.29, 1.82) is 0 Å². The van der Waals surface area contributed by atoms with Crippen molar-refractivity contribution in [1.82, 2.24) is 14.6 Å². The van der Waals surface area contributed by atoms with Crippen LogP contribution < -0.4 is 22.1 Å². The lowest BCUT2D eigenvalue weighted by atomic mass is 9.93. The molecule has 0 aliphatic heterocycles. The monoisotopic (exact) mass is 343 g/mol. The Kier molecular flexibility index (Phi) is 3.57. The van der Waals surface area contributed by atoms with Crippen LogP contribution in [0.1, 0.15) is 19.3 Å². The number of fused-ring (bicyclic) bond motifs is 1. The van der Waals surface area contributed by atoms with Gasteiger partial charge in [-0.3, -0.25) is 0 Å². The van der Waals surface area contributed by atoms with E-state index in [-0.39, 0.29) is 0 Å². The van der Waals surface area contributed by atoms with Gasteiger partial charge in [0.25, 0.3) is 0 Å². The van der Waals surface area contributed by atoms with E-state index in [9.17, 15) is 0 Å². The quantitative estimate of drug-likeness (QED) is 0.542. The van der Waals surface area contributed by atoms with E-state index in [0.29, 0.717) is 39.7 Å². The summed E-state index contributed by atoms with van der Waals surface area (Å²) >= 11 is 6.22. The molecule has 0 radical (unpaired) electrons. The molecule has 1 aromatic carbocycles. The highest BCUT2D eigenvalue weighted by atomic mass is 35.5. The Balaban J connectivity index is 1.74. The van der Waals surface area contributed by atoms with Crippen molar-refractivity contribution in [3.05, 3.63) is 35.5 Å². The Morgan fingerprint density at radius 1 is 1.17 bits per heavy atom. The average Bonchev–Trinajstić information content (AvgIpc) is 2.88. The normalized spacial score (nSPS) is 14.5. The fraction of sp³-hybridized carbons (Fsp3) is 0.250. The number of hydrogen-bond donors (Lipinski definition) is 4. The summed E-state index contributed by atoms with van der Waals surface area (Å²) in [5.41, 5.74) is 14.7. The molecule has 6 N–H and O–H groups in total. The van der Waals surface area contributed by atoms with Gasteiger partial charge in [-0.15, -0.1) is 5.10 Å². The number of imidazole rings is 1. The van der Waals surface area contributed by atoms with E-state index in [1.54, 1.807) is 28.9 Å². The first-order chi connectivity index (χ1) is 11.6. The third kappa shape index (κ3) is 2.67. The fourth-order valence-electron chi connectivity index (χ4n) is 2.70. The van der Waals surface area contributed by atoms with Crippen LogP contribution in [0.3, 0.4) is 0 Å². The summed E-state index contributed by atoms with van der Waals surface area (Å²) in [5, 5.41) is 11.8. The maximum atomic E-state index is 6.22. The minimum absolute atomic E-state index is 0.470. The lowest BCUT2D eigenvalue weighted by Gasteiger charge is -2.27. The molecular weight excluding hydrogens is 326 g/mol. The number of nitrogens with zero attached hydrogens (tertiary/aromatic N) is 3. The average molecular weight is 344 g/mol. The van der Waals surface area contributed by atoms with Crippen LogP contribution in [0, 0.1) is 0 Å². The maximum Gasteiger partial charge on any atom is 0.179 e. The lowest BCUT2D eigenvalue weighted by Crippen LogP contribution is -2.27. The number of hydrogen-bond acceptors (Lipinski definition) is 6. The second-order valence-corrected chi connectivity index (χ2v) is 6.41. The zero-order chi connectivity index (χ0) is 16.7. The second kappa shape index (κ2) is 5.76. The number of nitrogens with one attached hydrogen (secondary N) is 2. The number of benzene rings is 1. The van der Waals surface area contributed by atoms with Gasteiger partial charge >= 0.3 is 0 Å². The summed E-state index contributed by atoms with van der Waals surface area (Å²) in [6, 6.07) is 7.65. The predicted molar refractivity (Wildman–Crippen MR) is 97.8 cm³/mol. The third-order valence-electron chi connectivity index (χ3n) is 4.21. The largest absolute Gasteiger partial charge is 0.399 e. The number of nitrogen functional groups attached to an aromatic ring is 2. The standard InChI is InChI=1S/C16H18ClN7/c17-11-5-4-9(18)6-12(11)22-15-7-13(21-10-2-1-3-10)16-20-8-14(19)24(16)23-15/h4-8,10,21H,1-3,18-19H2,(H,22,23). The summed E-state index contributed by atoms with van der Waals surface area (Å²) in [4.78, 5) is 4.35. The Morgan fingerprint density at radius 3 is 2.75 bits per heavy atom. The molecule has 0 atom stereocenters.